The second-order valence-corrected chi connectivity index (χ2v) is 3.75. The lowest BCUT2D eigenvalue weighted by atomic mass is 10.0. The van der Waals surface area contributed by atoms with Crippen LogP contribution in [0.4, 0.5) is 4.39 Å². The summed E-state index contributed by atoms with van der Waals surface area (Å²) in [6.45, 7) is 0.660. The summed E-state index contributed by atoms with van der Waals surface area (Å²) in [6.07, 6.45) is 2.67. The molecule has 0 radical (unpaired) electrons. The van der Waals surface area contributed by atoms with Crippen molar-refractivity contribution in [2.45, 2.75) is 25.3 Å². The van der Waals surface area contributed by atoms with Crippen LogP contribution in [0.1, 0.15) is 30.9 Å². The lowest BCUT2D eigenvalue weighted by Crippen LogP contribution is -2.13. The molecule has 4 heteroatoms. The first-order chi connectivity index (χ1) is 7.70. The van der Waals surface area contributed by atoms with Crippen LogP contribution in [-0.2, 0) is 0 Å². The van der Waals surface area contributed by atoms with Gasteiger partial charge in [0.15, 0.2) is 11.6 Å². The summed E-state index contributed by atoms with van der Waals surface area (Å²) in [4.78, 5) is 0. The maximum absolute atomic E-state index is 13.4. The lowest BCUT2D eigenvalue weighted by Gasteiger charge is -2.15. The van der Waals surface area contributed by atoms with E-state index in [0.29, 0.717) is 6.54 Å². The smallest absolute Gasteiger partial charge is 0.165 e. The normalized spacial score (nSPS) is 12.5. The van der Waals surface area contributed by atoms with Crippen molar-refractivity contribution in [1.82, 2.24) is 0 Å². The van der Waals surface area contributed by atoms with Crippen LogP contribution < -0.4 is 16.2 Å². The van der Waals surface area contributed by atoms with Crippen molar-refractivity contribution >= 4 is 0 Å². The molecule has 1 aromatic carbocycles. The predicted octanol–water partition coefficient (Wildman–Crippen LogP) is 1.96. The van der Waals surface area contributed by atoms with E-state index in [4.69, 9.17) is 16.2 Å². The maximum atomic E-state index is 13.4. The van der Waals surface area contributed by atoms with Crippen LogP contribution >= 0.6 is 0 Å². The van der Waals surface area contributed by atoms with Gasteiger partial charge in [0.05, 0.1) is 7.11 Å². The molecule has 0 aliphatic heterocycles. The highest BCUT2D eigenvalue weighted by Crippen LogP contribution is 2.29. The summed E-state index contributed by atoms with van der Waals surface area (Å²) in [6, 6.07) is 4.62. The zero-order chi connectivity index (χ0) is 12.0. The van der Waals surface area contributed by atoms with Crippen molar-refractivity contribution < 1.29 is 9.13 Å². The molecule has 0 aliphatic carbocycles. The molecule has 3 nitrogen and oxygen atoms in total. The Bertz CT molecular complexity index is 331. The number of rotatable bonds is 6. The first-order valence-electron chi connectivity index (χ1n) is 5.48. The fourth-order valence-electron chi connectivity index (χ4n) is 1.70. The zero-order valence-corrected chi connectivity index (χ0v) is 9.58. The van der Waals surface area contributed by atoms with Crippen molar-refractivity contribution in [1.29, 1.82) is 0 Å². The van der Waals surface area contributed by atoms with E-state index in [1.165, 1.54) is 13.2 Å². The third-order valence-electron chi connectivity index (χ3n) is 2.57. The molecule has 16 heavy (non-hydrogen) atoms. The lowest BCUT2D eigenvalue weighted by molar-refractivity contribution is 0.376. The van der Waals surface area contributed by atoms with E-state index in [9.17, 15) is 4.39 Å². The van der Waals surface area contributed by atoms with Crippen LogP contribution in [0.2, 0.25) is 0 Å². The molecule has 0 aliphatic rings. The molecule has 0 bridgehead atoms. The molecule has 0 spiro atoms. The van der Waals surface area contributed by atoms with E-state index in [1.54, 1.807) is 12.1 Å². The quantitative estimate of drug-likeness (QED) is 0.729. The van der Waals surface area contributed by atoms with Gasteiger partial charge in [0.1, 0.15) is 0 Å². The van der Waals surface area contributed by atoms with E-state index in [-0.39, 0.29) is 17.6 Å². The fourth-order valence-corrected chi connectivity index (χ4v) is 1.70. The van der Waals surface area contributed by atoms with Gasteiger partial charge >= 0.3 is 0 Å². The Morgan fingerprint density at radius 2 is 2.12 bits per heavy atom. The van der Waals surface area contributed by atoms with Gasteiger partial charge in [-0.25, -0.2) is 4.39 Å². The number of methoxy groups -OCH3 is 1. The molecular formula is C12H19FN2O. The summed E-state index contributed by atoms with van der Waals surface area (Å²) in [5.74, 6) is -0.114. The van der Waals surface area contributed by atoms with Crippen LogP contribution in [0, 0.1) is 5.82 Å². The van der Waals surface area contributed by atoms with Crippen molar-refractivity contribution in [3.63, 3.8) is 0 Å². The van der Waals surface area contributed by atoms with Gasteiger partial charge < -0.3 is 16.2 Å². The first kappa shape index (κ1) is 12.9. The third-order valence-corrected chi connectivity index (χ3v) is 2.57. The predicted molar refractivity (Wildman–Crippen MR) is 62.8 cm³/mol. The summed E-state index contributed by atoms with van der Waals surface area (Å²) in [5.41, 5.74) is 12.1. The van der Waals surface area contributed by atoms with Gasteiger partial charge in [-0.1, -0.05) is 18.6 Å². The molecule has 1 aromatic rings. The Morgan fingerprint density at radius 3 is 2.75 bits per heavy atom. The number of hydrogen-bond acceptors (Lipinski definition) is 3. The van der Waals surface area contributed by atoms with Crippen molar-refractivity contribution in [3.8, 4) is 5.75 Å². The summed E-state index contributed by atoms with van der Waals surface area (Å²) in [7, 11) is 1.45. The molecule has 0 heterocycles. The average molecular weight is 226 g/mol. The van der Waals surface area contributed by atoms with Gasteiger partial charge in [-0.15, -0.1) is 0 Å². The van der Waals surface area contributed by atoms with E-state index in [0.717, 1.165) is 24.8 Å². The molecule has 0 saturated heterocycles. The first-order valence-corrected chi connectivity index (χ1v) is 5.48. The Labute approximate surface area is 95.6 Å². The minimum atomic E-state index is -0.366. The van der Waals surface area contributed by atoms with Crippen LogP contribution in [-0.4, -0.2) is 13.7 Å². The van der Waals surface area contributed by atoms with Crippen molar-refractivity contribution in [3.05, 3.63) is 29.6 Å². The zero-order valence-electron chi connectivity index (χ0n) is 9.58. The monoisotopic (exact) mass is 226 g/mol. The topological polar surface area (TPSA) is 61.3 Å². The number of ether oxygens (including phenoxy) is 1. The highest BCUT2D eigenvalue weighted by atomic mass is 19.1. The molecule has 4 N–H and O–H groups in total. The minimum absolute atomic E-state index is 0.197. The van der Waals surface area contributed by atoms with E-state index in [1.807, 2.05) is 0 Å². The fraction of sp³-hybridized carbons (Fsp3) is 0.500. The highest BCUT2D eigenvalue weighted by molar-refractivity contribution is 5.37. The number of hydrogen-bond donors (Lipinski definition) is 2. The highest BCUT2D eigenvalue weighted by Gasteiger charge is 2.14. The van der Waals surface area contributed by atoms with E-state index in [2.05, 4.69) is 0 Å². The molecule has 90 valence electrons. The van der Waals surface area contributed by atoms with Gasteiger partial charge in [-0.2, -0.15) is 0 Å². The average Bonchev–Trinajstić information content (AvgIpc) is 2.29. The number of nitrogens with two attached hydrogens (primary N) is 2. The van der Waals surface area contributed by atoms with Crippen LogP contribution in [0.5, 0.6) is 5.75 Å². The Kier molecular flexibility index (Phi) is 5.22. The molecule has 1 atom stereocenters. The Morgan fingerprint density at radius 1 is 1.38 bits per heavy atom. The molecule has 0 aromatic heterocycles. The molecule has 0 fully saturated rings. The molecule has 0 unspecified atom stereocenters. The van der Waals surface area contributed by atoms with Gasteiger partial charge in [-0.05, 0) is 25.5 Å². The van der Waals surface area contributed by atoms with Gasteiger partial charge in [0, 0.05) is 11.6 Å². The van der Waals surface area contributed by atoms with E-state index >= 15 is 0 Å². The SMILES string of the molecule is COc1c(F)cccc1[C@H](N)CCCCN. The molecular weight excluding hydrogens is 207 g/mol. The van der Waals surface area contributed by atoms with Crippen LogP contribution in [0.15, 0.2) is 18.2 Å². The van der Waals surface area contributed by atoms with Crippen LogP contribution in [0.3, 0.4) is 0 Å². The van der Waals surface area contributed by atoms with Gasteiger partial charge in [0.2, 0.25) is 0 Å². The molecule has 1 rings (SSSR count). The molecule has 0 saturated carbocycles. The third kappa shape index (κ3) is 3.18. The van der Waals surface area contributed by atoms with E-state index < -0.39 is 0 Å². The second-order valence-electron chi connectivity index (χ2n) is 3.75. The van der Waals surface area contributed by atoms with Crippen molar-refractivity contribution in [2.75, 3.05) is 13.7 Å². The second kappa shape index (κ2) is 6.45. The number of benzene rings is 1. The van der Waals surface area contributed by atoms with Gasteiger partial charge in [0.25, 0.3) is 0 Å². The Balaban J connectivity index is 2.74. The summed E-state index contributed by atoms with van der Waals surface area (Å²) < 4.78 is 18.4. The van der Waals surface area contributed by atoms with Gasteiger partial charge in [-0.3, -0.25) is 0 Å². The number of halogens is 1. The standard InChI is InChI=1S/C12H19FN2O/c1-16-12-9(5-4-6-10(12)13)11(15)7-2-3-8-14/h4-6,11H,2-3,7-8,14-15H2,1H3/t11-/m1/s1. The summed E-state index contributed by atoms with van der Waals surface area (Å²) >= 11 is 0. The van der Waals surface area contributed by atoms with Crippen molar-refractivity contribution in [2.24, 2.45) is 11.5 Å². The van der Waals surface area contributed by atoms with Crippen LogP contribution in [0.25, 0.3) is 0 Å². The molecule has 0 amide bonds. The number of unbranched alkanes of at least 4 members (excludes halogenated alkanes) is 1. The Hall–Kier alpha value is -1.13. The number of para-hydroxylation sites is 1. The summed E-state index contributed by atoms with van der Waals surface area (Å²) in [5, 5.41) is 0. The minimum Gasteiger partial charge on any atom is -0.493 e. The maximum Gasteiger partial charge on any atom is 0.165 e. The largest absolute Gasteiger partial charge is 0.493 e.